The summed E-state index contributed by atoms with van der Waals surface area (Å²) in [7, 11) is -3.62. The maximum Gasteiger partial charge on any atom is 0.240 e. The number of amides is 1. The van der Waals surface area contributed by atoms with Gasteiger partial charge >= 0.3 is 0 Å². The van der Waals surface area contributed by atoms with Crippen LogP contribution in [0.15, 0.2) is 83.9 Å². The van der Waals surface area contributed by atoms with Crippen molar-refractivity contribution in [3.63, 3.8) is 0 Å². The van der Waals surface area contributed by atoms with E-state index in [1.807, 2.05) is 24.3 Å². The second kappa shape index (κ2) is 10.9. The van der Waals surface area contributed by atoms with Crippen LogP contribution >= 0.6 is 0 Å². The van der Waals surface area contributed by atoms with E-state index in [-0.39, 0.29) is 23.2 Å². The number of carbonyl (C=O) groups is 1. The quantitative estimate of drug-likeness (QED) is 0.278. The molecule has 0 saturated heterocycles. The molecule has 1 aliphatic carbocycles. The summed E-state index contributed by atoms with van der Waals surface area (Å²) in [5, 5.41) is 9.38. The minimum Gasteiger partial charge on any atom is -0.369 e. The van der Waals surface area contributed by atoms with Crippen LogP contribution in [0.5, 0.6) is 0 Å². The van der Waals surface area contributed by atoms with Gasteiger partial charge in [0.25, 0.3) is 0 Å². The molecule has 2 heterocycles. The van der Waals surface area contributed by atoms with Crippen molar-refractivity contribution in [1.29, 1.82) is 0 Å². The van der Waals surface area contributed by atoms with E-state index in [0.717, 1.165) is 16.7 Å². The van der Waals surface area contributed by atoms with Crippen LogP contribution in [0.1, 0.15) is 30.4 Å². The highest BCUT2D eigenvalue weighted by Gasteiger charge is 2.52. The molecule has 1 fully saturated rings. The van der Waals surface area contributed by atoms with E-state index >= 15 is 0 Å². The molecule has 1 saturated carbocycles. The summed E-state index contributed by atoms with van der Waals surface area (Å²) in [6.45, 7) is 1.10. The lowest BCUT2D eigenvalue weighted by Gasteiger charge is -2.17. The molecule has 41 heavy (non-hydrogen) atoms. The van der Waals surface area contributed by atoms with E-state index in [0.29, 0.717) is 55.4 Å². The van der Waals surface area contributed by atoms with Gasteiger partial charge in [0.15, 0.2) is 0 Å². The molecule has 0 spiro atoms. The number of nitrogens with one attached hydrogen (secondary N) is 4. The van der Waals surface area contributed by atoms with Gasteiger partial charge in [0.05, 0.1) is 10.3 Å². The van der Waals surface area contributed by atoms with Crippen molar-refractivity contribution in [3.05, 3.63) is 95.9 Å². The van der Waals surface area contributed by atoms with E-state index in [1.165, 1.54) is 6.07 Å². The summed E-state index contributed by atoms with van der Waals surface area (Å²) in [5.41, 5.74) is 2.81. The maximum absolute atomic E-state index is 14.3. The van der Waals surface area contributed by atoms with Crippen LogP contribution in [-0.4, -0.2) is 37.4 Å². The van der Waals surface area contributed by atoms with Crippen molar-refractivity contribution in [2.75, 3.05) is 23.7 Å². The average molecular weight is 573 g/mol. The molecule has 0 radical (unpaired) electrons. The lowest BCUT2D eigenvalue weighted by atomic mass is 9.94. The summed E-state index contributed by atoms with van der Waals surface area (Å²) in [6.07, 6.45) is 3.55. The molecule has 4 N–H and O–H groups in total. The van der Waals surface area contributed by atoms with Gasteiger partial charge in [-0.2, -0.15) is 4.98 Å². The predicted molar refractivity (Wildman–Crippen MR) is 155 cm³/mol. The number of halogens is 1. The highest BCUT2D eigenvalue weighted by molar-refractivity contribution is 7.89. The van der Waals surface area contributed by atoms with Crippen molar-refractivity contribution in [1.82, 2.24) is 20.0 Å². The summed E-state index contributed by atoms with van der Waals surface area (Å²) in [4.78, 5) is 22.3. The molecule has 0 atom stereocenters. The third kappa shape index (κ3) is 5.63. The maximum atomic E-state index is 14.3. The van der Waals surface area contributed by atoms with E-state index in [9.17, 15) is 17.6 Å². The molecule has 9 nitrogen and oxygen atoms in total. The van der Waals surface area contributed by atoms with Crippen LogP contribution in [0.25, 0.3) is 11.1 Å². The van der Waals surface area contributed by atoms with Gasteiger partial charge in [-0.3, -0.25) is 4.79 Å². The van der Waals surface area contributed by atoms with Crippen molar-refractivity contribution < 1.29 is 17.6 Å². The Morgan fingerprint density at radius 1 is 1.00 bits per heavy atom. The molecule has 0 unspecified atom stereocenters. The molecular formula is C30H29FN6O3S. The lowest BCUT2D eigenvalue weighted by molar-refractivity contribution is -0.123. The highest BCUT2D eigenvalue weighted by atomic mass is 32.2. The van der Waals surface area contributed by atoms with Gasteiger partial charge in [-0.15, -0.1) is 0 Å². The van der Waals surface area contributed by atoms with Crippen LogP contribution in [0.3, 0.4) is 0 Å². The summed E-state index contributed by atoms with van der Waals surface area (Å²) in [6, 6.07) is 20.7. The first-order valence-corrected chi connectivity index (χ1v) is 14.9. The number of anilines is 3. The van der Waals surface area contributed by atoms with Crippen LogP contribution in [-0.2, 0) is 26.8 Å². The second-order valence-corrected chi connectivity index (χ2v) is 12.0. The fraction of sp³-hybridized carbons (Fsp3) is 0.233. The van der Waals surface area contributed by atoms with Crippen molar-refractivity contribution in [2.24, 2.45) is 0 Å². The van der Waals surface area contributed by atoms with Crippen LogP contribution in [0, 0.1) is 5.82 Å². The van der Waals surface area contributed by atoms with Gasteiger partial charge in [0.1, 0.15) is 11.6 Å². The fourth-order valence-electron chi connectivity index (χ4n) is 4.99. The van der Waals surface area contributed by atoms with E-state index < -0.39 is 15.4 Å². The topological polar surface area (TPSA) is 125 Å². The summed E-state index contributed by atoms with van der Waals surface area (Å²) >= 11 is 0. The molecular weight excluding hydrogens is 543 g/mol. The van der Waals surface area contributed by atoms with Crippen molar-refractivity contribution in [2.45, 2.75) is 36.1 Å². The molecule has 2 aliphatic rings. The Morgan fingerprint density at radius 2 is 1.80 bits per heavy atom. The molecule has 1 aliphatic heterocycles. The Labute approximate surface area is 237 Å². The van der Waals surface area contributed by atoms with Crippen molar-refractivity contribution in [3.8, 4) is 11.1 Å². The largest absolute Gasteiger partial charge is 0.369 e. The Morgan fingerprint density at radius 3 is 2.59 bits per heavy atom. The molecule has 6 rings (SSSR count). The first kappa shape index (κ1) is 26.9. The molecule has 1 amide bonds. The molecule has 210 valence electrons. The number of nitrogens with zero attached hydrogens (tertiary/aromatic N) is 2. The van der Waals surface area contributed by atoms with Gasteiger partial charge in [0.2, 0.25) is 21.9 Å². The molecule has 4 aromatic rings. The predicted octanol–water partition coefficient (Wildman–Crippen LogP) is 4.47. The van der Waals surface area contributed by atoms with Gasteiger partial charge in [0, 0.05) is 42.6 Å². The second-order valence-electron chi connectivity index (χ2n) is 10.2. The van der Waals surface area contributed by atoms with E-state index in [2.05, 4.69) is 30.6 Å². The standard InChI is InChI=1S/C30H29FN6O3S/c31-26-8-2-1-7-25(26)30(13-14-30)28(38)33-18-20-9-11-21(12-10-20)24-19-34-29-36-22-5-3-6-23(17-22)41(39,40)35-16-4-15-32-27(24)37-29/h1-3,5-12,17,19,35H,4,13-16,18H2,(H,33,38)(H2,32,34,36,37). The fourth-order valence-corrected chi connectivity index (χ4v) is 6.11. The minimum absolute atomic E-state index is 0.161. The number of rotatable bonds is 5. The van der Waals surface area contributed by atoms with Crippen LogP contribution < -0.4 is 20.7 Å². The van der Waals surface area contributed by atoms with Gasteiger partial charge in [-0.1, -0.05) is 48.5 Å². The van der Waals surface area contributed by atoms with Crippen LogP contribution in [0.4, 0.5) is 21.8 Å². The van der Waals surface area contributed by atoms with Gasteiger partial charge < -0.3 is 16.0 Å². The first-order valence-electron chi connectivity index (χ1n) is 13.4. The number of fused-ring (bicyclic) bond motifs is 4. The number of hydrogen-bond donors (Lipinski definition) is 4. The number of hydrogen-bond acceptors (Lipinski definition) is 7. The normalized spacial score (nSPS) is 17.0. The minimum atomic E-state index is -3.62. The summed E-state index contributed by atoms with van der Waals surface area (Å²) in [5.74, 6) is 0.440. The number of aromatic nitrogens is 2. The monoisotopic (exact) mass is 572 g/mol. The number of sulfonamides is 1. The average Bonchev–Trinajstić information content (AvgIpc) is 3.78. The smallest absolute Gasteiger partial charge is 0.240 e. The Bertz CT molecular complexity index is 1710. The first-order chi connectivity index (χ1) is 19.8. The Kier molecular flexibility index (Phi) is 7.14. The van der Waals surface area contributed by atoms with Crippen LogP contribution in [0.2, 0.25) is 0 Å². The third-order valence-electron chi connectivity index (χ3n) is 7.42. The number of carbonyl (C=O) groups excluding carboxylic acids is 1. The third-order valence-corrected chi connectivity index (χ3v) is 8.88. The Hall–Kier alpha value is -4.35. The Balaban J connectivity index is 1.18. The zero-order chi connectivity index (χ0) is 28.5. The zero-order valence-electron chi connectivity index (χ0n) is 22.2. The summed E-state index contributed by atoms with van der Waals surface area (Å²) < 4.78 is 42.2. The van der Waals surface area contributed by atoms with Gasteiger partial charge in [-0.05, 0) is 54.7 Å². The molecule has 4 bridgehead atoms. The van der Waals surface area contributed by atoms with E-state index in [1.54, 1.807) is 48.7 Å². The van der Waals surface area contributed by atoms with Gasteiger partial charge in [-0.25, -0.2) is 22.5 Å². The highest BCUT2D eigenvalue weighted by Crippen LogP contribution is 2.49. The lowest BCUT2D eigenvalue weighted by Crippen LogP contribution is -2.34. The van der Waals surface area contributed by atoms with Crippen molar-refractivity contribution >= 4 is 33.4 Å². The molecule has 1 aromatic heterocycles. The zero-order valence-corrected chi connectivity index (χ0v) is 23.0. The van der Waals surface area contributed by atoms with E-state index in [4.69, 9.17) is 0 Å². The molecule has 3 aromatic carbocycles. The molecule has 11 heteroatoms. The SMILES string of the molecule is O=C(NCc1ccc(-c2cnc3nc2NCCCNS(=O)(=O)c2cccc(c2)N3)cc1)C1(c2ccccc2F)CC1. The number of benzene rings is 3.